The topological polar surface area (TPSA) is 175 Å². The van der Waals surface area contributed by atoms with E-state index in [1.807, 2.05) is 104 Å². The molecular formula is C37H33F12N9O4P2Ru. The molecule has 0 spiro atoms. The summed E-state index contributed by atoms with van der Waals surface area (Å²) in [5.41, 5.74) is 6.37. The molecule has 0 aliphatic carbocycles. The summed E-state index contributed by atoms with van der Waals surface area (Å²) < 4.78 is 120. The van der Waals surface area contributed by atoms with Crippen molar-refractivity contribution in [2.45, 2.75) is 13.5 Å². The van der Waals surface area contributed by atoms with Gasteiger partial charge in [0.2, 0.25) is 0 Å². The van der Waals surface area contributed by atoms with Crippen molar-refractivity contribution in [2.24, 2.45) is 0 Å². The minimum absolute atomic E-state index is 0. The van der Waals surface area contributed by atoms with E-state index in [2.05, 4.69) is 34.9 Å². The maximum atomic E-state index is 11.7. The van der Waals surface area contributed by atoms with Crippen LogP contribution in [0.15, 0.2) is 156 Å². The van der Waals surface area contributed by atoms with Gasteiger partial charge in [-0.15, -0.1) is 0 Å². The number of rotatable bonds is 5. The monoisotopic (exact) mass is 1060 g/mol. The quantitative estimate of drug-likeness (QED) is 0.0574. The van der Waals surface area contributed by atoms with E-state index in [9.17, 15) is 60.0 Å². The molecule has 0 aliphatic rings. The van der Waals surface area contributed by atoms with E-state index in [1.165, 1.54) is 16.8 Å². The van der Waals surface area contributed by atoms with Crippen molar-refractivity contribution in [1.29, 1.82) is 0 Å². The van der Waals surface area contributed by atoms with Gasteiger partial charge in [-0.25, -0.2) is 4.79 Å². The van der Waals surface area contributed by atoms with Gasteiger partial charge in [-0.3, -0.25) is 54.4 Å². The SMILES string of the molecule is C[N+](=O)[O-].Cc1ccnc(-c2cc(Cn3ccc(=O)[nH]c3=O)ccn2)c1.F[P-](F)(F)(F)(F)F.F[P-](F)(F)(F)(F)F.[Ru+2].c1ccc(-c2ccccn2)nc1.c1ccc(-c2ccccn2)nc1. The van der Waals surface area contributed by atoms with Crippen molar-refractivity contribution in [3.05, 3.63) is 189 Å². The molecule has 7 aromatic heterocycles. The molecule has 0 radical (unpaired) electrons. The van der Waals surface area contributed by atoms with E-state index in [4.69, 9.17) is 10.1 Å². The van der Waals surface area contributed by atoms with E-state index in [0.29, 0.717) is 6.54 Å². The molecule has 28 heteroatoms. The van der Waals surface area contributed by atoms with E-state index in [0.717, 1.165) is 52.3 Å². The van der Waals surface area contributed by atoms with Crippen molar-refractivity contribution in [2.75, 3.05) is 7.05 Å². The van der Waals surface area contributed by atoms with Crippen molar-refractivity contribution in [1.82, 2.24) is 39.5 Å². The van der Waals surface area contributed by atoms with Crippen LogP contribution in [0.25, 0.3) is 34.2 Å². The minimum atomic E-state index is -10.7. The van der Waals surface area contributed by atoms with E-state index < -0.39 is 31.8 Å². The van der Waals surface area contributed by atoms with Crippen LogP contribution in [0.3, 0.4) is 0 Å². The van der Waals surface area contributed by atoms with Crippen LogP contribution >= 0.6 is 15.6 Å². The van der Waals surface area contributed by atoms with Gasteiger partial charge >= 0.3 is 91.1 Å². The smallest absolute Gasteiger partial charge is 0.255 e. The zero-order chi connectivity index (χ0) is 48.4. The zero-order valence-corrected chi connectivity index (χ0v) is 36.6. The van der Waals surface area contributed by atoms with Gasteiger partial charge in [0.05, 0.1) is 40.7 Å². The van der Waals surface area contributed by atoms with Gasteiger partial charge in [0, 0.05) is 54.4 Å². The Morgan fingerprint density at radius 3 is 1.17 bits per heavy atom. The number of hydrogen-bond donors (Lipinski definition) is 1. The van der Waals surface area contributed by atoms with Crippen molar-refractivity contribution in [3.63, 3.8) is 0 Å². The van der Waals surface area contributed by atoms with Gasteiger partial charge in [-0.2, -0.15) is 0 Å². The van der Waals surface area contributed by atoms with Gasteiger partial charge < -0.3 is 0 Å². The first-order chi connectivity index (χ1) is 29.2. The molecular weight excluding hydrogens is 1030 g/mol. The average molecular weight is 1060 g/mol. The summed E-state index contributed by atoms with van der Waals surface area (Å²) in [6.07, 6.45) is 12.0. The molecule has 0 bridgehead atoms. The summed E-state index contributed by atoms with van der Waals surface area (Å²) in [5, 5.41) is 8.81. The predicted octanol–water partition coefficient (Wildman–Crippen LogP) is 12.3. The number of aryl methyl sites for hydroxylation is 1. The molecule has 0 aromatic carbocycles. The number of nitrogens with zero attached hydrogens (tertiary/aromatic N) is 8. The summed E-state index contributed by atoms with van der Waals surface area (Å²) in [6, 6.07) is 32.1. The number of hydrogen-bond acceptors (Lipinski definition) is 10. The Hall–Kier alpha value is -6.38. The van der Waals surface area contributed by atoms with Gasteiger partial charge in [0.15, 0.2) is 7.05 Å². The van der Waals surface area contributed by atoms with Gasteiger partial charge in [0.25, 0.3) is 5.56 Å². The van der Waals surface area contributed by atoms with Crippen molar-refractivity contribution >= 4 is 15.6 Å². The van der Waals surface area contributed by atoms with Crippen molar-refractivity contribution in [3.8, 4) is 34.2 Å². The van der Waals surface area contributed by atoms with Crippen LogP contribution in [-0.4, -0.2) is 51.4 Å². The molecule has 0 saturated heterocycles. The van der Waals surface area contributed by atoms with Crippen LogP contribution in [0.1, 0.15) is 11.1 Å². The van der Waals surface area contributed by atoms with Crippen LogP contribution < -0.4 is 11.2 Å². The number of nitro groups is 1. The third kappa shape index (κ3) is 32.0. The molecule has 0 amide bonds. The Morgan fingerprint density at radius 1 is 0.538 bits per heavy atom. The molecule has 352 valence electrons. The summed E-state index contributed by atoms with van der Waals surface area (Å²) in [7, 11) is -20.4. The number of pyridine rings is 6. The number of nitrogens with one attached hydrogen (secondary N) is 1. The second kappa shape index (κ2) is 22.0. The molecule has 7 heterocycles. The van der Waals surface area contributed by atoms with E-state index in [-0.39, 0.29) is 19.5 Å². The molecule has 7 aromatic rings. The standard InChI is InChI=1S/C16H14N4O2.2C10H8N2.CH3NO2.2F6P.Ru/c1-11-2-5-17-13(8-11)14-9-12(3-6-18-14)10-20-7-4-15(21)19-16(20)22;2*1-3-7-11-9(5-1)10-6-2-4-8-12-10;1-2(3)4;2*1-7(2,3,4,5)6;/h2-9H,10H2,1H3,(H,19,21,22);2*1-8H;1H3;;;/q;;;;2*-1;+2. The van der Waals surface area contributed by atoms with E-state index >= 15 is 0 Å². The van der Waals surface area contributed by atoms with Crippen LogP contribution in [0, 0.1) is 17.0 Å². The molecule has 65 heavy (non-hydrogen) atoms. The third-order valence-electron chi connectivity index (χ3n) is 6.44. The largest absolute Gasteiger partial charge is 2.00 e. The average Bonchev–Trinajstić information content (AvgIpc) is 3.18. The predicted molar refractivity (Wildman–Crippen MR) is 218 cm³/mol. The summed E-state index contributed by atoms with van der Waals surface area (Å²) in [5.74, 6) is 0. The van der Waals surface area contributed by atoms with Gasteiger partial charge in [-0.05, 0) is 90.8 Å². The number of aromatic nitrogens is 8. The number of H-pyrrole nitrogens is 1. The fraction of sp³-hybridized carbons (Fsp3) is 0.0811. The molecule has 0 atom stereocenters. The Bertz CT molecular complexity index is 2480. The minimum Gasteiger partial charge on any atom is -0.255 e. The number of halogens is 12. The maximum absolute atomic E-state index is 11.7. The van der Waals surface area contributed by atoms with Crippen LogP contribution in [0.4, 0.5) is 50.4 Å². The fourth-order valence-corrected chi connectivity index (χ4v) is 4.21. The van der Waals surface area contributed by atoms with Gasteiger partial charge in [0.1, 0.15) is 0 Å². The Kier molecular flexibility index (Phi) is 19.2. The second-order valence-electron chi connectivity index (χ2n) is 12.2. The molecule has 7 rings (SSSR count). The Morgan fingerprint density at radius 2 is 0.862 bits per heavy atom. The Balaban J connectivity index is 0.000000424. The third-order valence-corrected chi connectivity index (χ3v) is 6.44. The van der Waals surface area contributed by atoms with Crippen LogP contribution in [0.5, 0.6) is 0 Å². The molecule has 0 saturated carbocycles. The maximum Gasteiger partial charge on any atom is 2.00 e. The zero-order valence-electron chi connectivity index (χ0n) is 33.1. The number of aromatic amines is 1. The second-order valence-corrected chi connectivity index (χ2v) is 16.1. The molecule has 13 nitrogen and oxygen atoms in total. The molecule has 0 unspecified atom stereocenters. The van der Waals surface area contributed by atoms with Crippen LogP contribution in [0.2, 0.25) is 0 Å². The first kappa shape index (κ1) is 56.6. The Labute approximate surface area is 372 Å². The first-order valence-electron chi connectivity index (χ1n) is 17.2. The molecule has 0 aliphatic heterocycles. The first-order valence-corrected chi connectivity index (χ1v) is 21.3. The summed E-state index contributed by atoms with van der Waals surface area (Å²) >= 11 is 0. The van der Waals surface area contributed by atoms with E-state index in [1.54, 1.807) is 37.2 Å². The van der Waals surface area contributed by atoms with Crippen LogP contribution in [-0.2, 0) is 26.0 Å². The fourth-order valence-electron chi connectivity index (χ4n) is 4.21. The summed E-state index contributed by atoms with van der Waals surface area (Å²) in [4.78, 5) is 58.7. The molecule has 1 N–H and O–H groups in total. The van der Waals surface area contributed by atoms with Crippen molar-refractivity contribution < 1.29 is 74.8 Å². The van der Waals surface area contributed by atoms with Gasteiger partial charge in [-0.1, -0.05) is 24.3 Å². The molecule has 0 fully saturated rings. The summed E-state index contributed by atoms with van der Waals surface area (Å²) in [6.45, 7) is 2.35. The normalized spacial score (nSPS) is 12.5.